The van der Waals surface area contributed by atoms with Crippen molar-refractivity contribution in [3.05, 3.63) is 0 Å². The highest BCUT2D eigenvalue weighted by Gasteiger charge is 2.30. The summed E-state index contributed by atoms with van der Waals surface area (Å²) >= 11 is 0. The number of rotatable bonds is 11. The average molecular weight is 381 g/mol. The highest BCUT2D eigenvalue weighted by molar-refractivity contribution is 7.85. The number of quaternary nitrogens is 1. The predicted octanol–water partition coefficient (Wildman–Crippen LogP) is 3.18. The van der Waals surface area contributed by atoms with Crippen molar-refractivity contribution in [1.29, 1.82) is 0 Å². The number of hydrogen-bond donors (Lipinski definition) is 0. The van der Waals surface area contributed by atoms with Crippen LogP contribution >= 0.6 is 0 Å². The summed E-state index contributed by atoms with van der Waals surface area (Å²) < 4.78 is 81.1. The van der Waals surface area contributed by atoms with Gasteiger partial charge < -0.3 is 9.04 Å². The maximum absolute atomic E-state index is 12.8. The molecular weight excluding hydrogens is 350 g/mol. The van der Waals surface area contributed by atoms with Crippen LogP contribution in [-0.2, 0) is 10.1 Å². The molecule has 0 aliphatic heterocycles. The highest BCUT2D eigenvalue weighted by Crippen LogP contribution is 2.17. The maximum atomic E-state index is 12.8. The molecule has 24 heavy (non-hydrogen) atoms. The third-order valence-corrected chi connectivity index (χ3v) is 5.08. The second kappa shape index (κ2) is 12.9. The van der Waals surface area contributed by atoms with Crippen LogP contribution in [-0.4, -0.2) is 74.6 Å². The van der Waals surface area contributed by atoms with E-state index in [4.69, 9.17) is 0 Å². The molecule has 0 aliphatic carbocycles. The summed E-state index contributed by atoms with van der Waals surface area (Å²) in [5, 5.41) is 0. The molecule has 0 fully saturated rings. The smallest absolute Gasteiger partial charge is 0.163 e. The van der Waals surface area contributed by atoms with Crippen molar-refractivity contribution < 1.29 is 35.0 Å². The first-order valence-electron chi connectivity index (χ1n) is 8.29. The van der Waals surface area contributed by atoms with Gasteiger partial charge >= 0.3 is 0 Å². The van der Waals surface area contributed by atoms with Crippen molar-refractivity contribution in [2.75, 3.05) is 38.6 Å². The van der Waals surface area contributed by atoms with Crippen LogP contribution in [0, 0.1) is 0 Å². The van der Waals surface area contributed by atoms with Crippen molar-refractivity contribution >= 4 is 10.1 Å². The molecule has 3 unspecified atom stereocenters. The maximum Gasteiger partial charge on any atom is 0.163 e. The Balaban J connectivity index is 0. The van der Waals surface area contributed by atoms with Crippen LogP contribution < -0.4 is 0 Å². The van der Waals surface area contributed by atoms with Crippen LogP contribution in [0.4, 0.5) is 17.6 Å². The molecule has 0 heterocycles. The molecule has 0 bridgehead atoms. The zero-order chi connectivity index (χ0) is 19.4. The van der Waals surface area contributed by atoms with Gasteiger partial charge in [0.2, 0.25) is 0 Å². The summed E-state index contributed by atoms with van der Waals surface area (Å²) in [5.74, 6) is -1.61. The zero-order valence-electron chi connectivity index (χ0n) is 15.0. The van der Waals surface area contributed by atoms with E-state index in [-0.39, 0.29) is 6.42 Å². The second-order valence-corrected chi connectivity index (χ2v) is 7.09. The minimum atomic E-state index is -4.93. The van der Waals surface area contributed by atoms with Gasteiger partial charge in [0.15, 0.2) is 6.17 Å². The van der Waals surface area contributed by atoms with Gasteiger partial charge in [-0.15, -0.1) is 0 Å². The van der Waals surface area contributed by atoms with Gasteiger partial charge in [0.1, 0.15) is 12.3 Å². The summed E-state index contributed by atoms with van der Waals surface area (Å²) in [5.41, 5.74) is 0. The Morgan fingerprint density at radius 1 is 0.917 bits per heavy atom. The van der Waals surface area contributed by atoms with Crippen LogP contribution in [0.2, 0.25) is 0 Å². The molecule has 0 N–H and O–H groups in total. The Hall–Kier alpha value is -0.410. The largest absolute Gasteiger partial charge is 0.748 e. The molecule has 0 saturated heterocycles. The Labute approximate surface area is 143 Å². The monoisotopic (exact) mass is 381 g/mol. The van der Waals surface area contributed by atoms with Gasteiger partial charge in [-0.3, -0.25) is 4.39 Å². The first kappa shape index (κ1) is 25.8. The molecule has 0 rings (SSSR count). The molecule has 0 aromatic carbocycles. The Kier molecular flexibility index (Phi) is 13.9. The van der Waals surface area contributed by atoms with Crippen LogP contribution in [0.15, 0.2) is 0 Å². The highest BCUT2D eigenvalue weighted by atomic mass is 32.2. The van der Waals surface area contributed by atoms with Crippen molar-refractivity contribution in [2.45, 2.75) is 59.1 Å². The fourth-order valence-corrected chi connectivity index (χ4v) is 2.86. The molecule has 0 aromatic rings. The summed E-state index contributed by atoms with van der Waals surface area (Å²) in [6.45, 7) is 13.4. The van der Waals surface area contributed by atoms with Gasteiger partial charge in [-0.25, -0.2) is 21.6 Å². The predicted molar refractivity (Wildman–Crippen MR) is 86.9 cm³/mol. The molecule has 0 aromatic heterocycles. The molecule has 148 valence electrons. The molecule has 0 amide bonds. The fraction of sp³-hybridized carbons (Fsp3) is 1.00. The summed E-state index contributed by atoms with van der Waals surface area (Å²) in [6, 6.07) is 0. The van der Waals surface area contributed by atoms with E-state index >= 15 is 0 Å². The topological polar surface area (TPSA) is 57.2 Å². The second-order valence-electron chi connectivity index (χ2n) is 5.64. The van der Waals surface area contributed by atoms with Crippen molar-refractivity contribution in [3.63, 3.8) is 0 Å². The van der Waals surface area contributed by atoms with Crippen LogP contribution in [0.1, 0.15) is 40.5 Å². The van der Waals surface area contributed by atoms with Gasteiger partial charge in [0.25, 0.3) is 0 Å². The minimum absolute atomic E-state index is 0.279. The average Bonchev–Trinajstić information content (AvgIpc) is 2.53. The Morgan fingerprint density at radius 3 is 1.58 bits per heavy atom. The van der Waals surface area contributed by atoms with Crippen LogP contribution in [0.3, 0.4) is 0 Å². The van der Waals surface area contributed by atoms with Gasteiger partial charge in [0, 0.05) is 0 Å². The SMILES string of the molecule is CC[N+](CC)(CC)CC.O=S(=O)([O-])CC(F)C(F)C(F)CCCF. The molecule has 0 saturated carbocycles. The number of nitrogens with zero attached hydrogens (tertiary/aromatic N) is 1. The third kappa shape index (κ3) is 11.2. The minimum Gasteiger partial charge on any atom is -0.748 e. The summed E-state index contributed by atoms with van der Waals surface area (Å²) in [6.07, 6.45) is -8.53. The molecule has 4 nitrogen and oxygen atoms in total. The molecular formula is C15H31F4NO3S. The van der Waals surface area contributed by atoms with Crippen molar-refractivity contribution in [3.8, 4) is 0 Å². The van der Waals surface area contributed by atoms with Gasteiger partial charge in [0.05, 0.1) is 48.7 Å². The lowest BCUT2D eigenvalue weighted by atomic mass is 10.1. The normalized spacial score (nSPS) is 16.0. The van der Waals surface area contributed by atoms with E-state index < -0.39 is 47.5 Å². The van der Waals surface area contributed by atoms with E-state index in [1.54, 1.807) is 0 Å². The van der Waals surface area contributed by atoms with Crippen LogP contribution in [0.5, 0.6) is 0 Å². The van der Waals surface area contributed by atoms with E-state index in [2.05, 4.69) is 27.7 Å². The molecule has 0 radical (unpaired) electrons. The quantitative estimate of drug-likeness (QED) is 0.314. The first-order chi connectivity index (χ1) is 11.0. The lowest BCUT2D eigenvalue weighted by Gasteiger charge is -2.34. The van der Waals surface area contributed by atoms with E-state index in [1.165, 1.54) is 30.7 Å². The van der Waals surface area contributed by atoms with E-state index in [0.29, 0.717) is 0 Å². The van der Waals surface area contributed by atoms with Crippen molar-refractivity contribution in [1.82, 2.24) is 0 Å². The molecule has 3 atom stereocenters. The van der Waals surface area contributed by atoms with Gasteiger partial charge in [-0.1, -0.05) is 0 Å². The van der Waals surface area contributed by atoms with E-state index in [1.807, 2.05) is 0 Å². The first-order valence-corrected chi connectivity index (χ1v) is 9.86. The molecule has 0 aliphatic rings. The van der Waals surface area contributed by atoms with Crippen molar-refractivity contribution in [2.24, 2.45) is 0 Å². The van der Waals surface area contributed by atoms with E-state index in [0.717, 1.165) is 0 Å². The number of alkyl halides is 4. The third-order valence-electron chi connectivity index (χ3n) is 4.35. The summed E-state index contributed by atoms with van der Waals surface area (Å²) in [7, 11) is -4.93. The van der Waals surface area contributed by atoms with Gasteiger partial charge in [-0.2, -0.15) is 0 Å². The fourth-order valence-electron chi connectivity index (χ4n) is 2.29. The Bertz CT molecular complexity index is 388. The Morgan fingerprint density at radius 2 is 1.33 bits per heavy atom. The number of halogens is 4. The molecule has 9 heteroatoms. The standard InChI is InChI=1S/C8H20N.C7H12F4O3S/c1-5-9(6-2,7-3)8-4;8-3-1-2-5(9)7(11)6(10)4-15(12,13)14/h5-8H2,1-4H3;5-7H,1-4H2,(H,12,13,14)/q+1;/p-1. The number of hydrogen-bond acceptors (Lipinski definition) is 3. The van der Waals surface area contributed by atoms with E-state index in [9.17, 15) is 30.5 Å². The molecule has 0 spiro atoms. The lowest BCUT2D eigenvalue weighted by Crippen LogP contribution is -2.47. The van der Waals surface area contributed by atoms with Crippen LogP contribution in [0.25, 0.3) is 0 Å². The summed E-state index contributed by atoms with van der Waals surface area (Å²) in [4.78, 5) is 0. The van der Waals surface area contributed by atoms with Gasteiger partial charge in [-0.05, 0) is 40.5 Å². The zero-order valence-corrected chi connectivity index (χ0v) is 15.8. The lowest BCUT2D eigenvalue weighted by molar-refractivity contribution is -0.921.